The molecule has 0 spiro atoms. The summed E-state index contributed by atoms with van der Waals surface area (Å²) in [6, 6.07) is 16.1. The Balaban J connectivity index is 1.88. The molecule has 2 rings (SSSR count). The summed E-state index contributed by atoms with van der Waals surface area (Å²) in [5.41, 5.74) is 2.29. The van der Waals surface area contributed by atoms with E-state index in [4.69, 9.17) is 16.9 Å². The van der Waals surface area contributed by atoms with E-state index >= 15 is 0 Å². The number of rotatable bonds is 6. The van der Waals surface area contributed by atoms with Crippen LogP contribution in [0.15, 0.2) is 48.5 Å². The van der Waals surface area contributed by atoms with E-state index in [1.165, 1.54) is 0 Å². The Morgan fingerprint density at radius 1 is 1.04 bits per heavy atom. The fraction of sp³-hybridized carbons (Fsp3) is 0.167. The highest BCUT2D eigenvalue weighted by Crippen LogP contribution is 2.12. The minimum Gasteiger partial charge on any atom is -0.352 e. The second-order valence-electron chi connectivity index (χ2n) is 5.17. The molecule has 2 amide bonds. The molecule has 0 saturated heterocycles. The molecule has 122 valence electrons. The number of carbonyl (C=O) groups is 2. The van der Waals surface area contributed by atoms with Crippen LogP contribution < -0.4 is 10.6 Å². The van der Waals surface area contributed by atoms with Crippen LogP contribution in [-0.4, -0.2) is 11.8 Å². The maximum Gasteiger partial charge on any atom is 0.238 e. The average Bonchev–Trinajstić information content (AvgIpc) is 2.53. The van der Waals surface area contributed by atoms with Gasteiger partial charge < -0.3 is 10.6 Å². The molecule has 2 N–H and O–H groups in total. The van der Waals surface area contributed by atoms with E-state index in [1.807, 2.05) is 12.1 Å². The summed E-state index contributed by atoms with van der Waals surface area (Å²) in [6.07, 6.45) is 0.0553. The number of halogens is 1. The van der Waals surface area contributed by atoms with E-state index < -0.39 is 0 Å². The third-order valence-corrected chi connectivity index (χ3v) is 3.43. The highest BCUT2D eigenvalue weighted by Gasteiger charge is 2.05. The van der Waals surface area contributed by atoms with E-state index in [9.17, 15) is 9.59 Å². The Morgan fingerprint density at radius 2 is 1.79 bits per heavy atom. The first-order chi connectivity index (χ1) is 11.6. The Labute approximate surface area is 145 Å². The molecule has 2 aromatic carbocycles. The second kappa shape index (κ2) is 8.70. The third kappa shape index (κ3) is 5.75. The summed E-state index contributed by atoms with van der Waals surface area (Å²) in [5, 5.41) is 14.5. The van der Waals surface area contributed by atoms with Gasteiger partial charge in [0, 0.05) is 17.3 Å². The molecule has 6 heteroatoms. The fourth-order valence-corrected chi connectivity index (χ4v) is 2.34. The first-order valence-corrected chi connectivity index (χ1v) is 7.71. The summed E-state index contributed by atoms with van der Waals surface area (Å²) in [5.74, 6) is -0.476. The zero-order valence-corrected chi connectivity index (χ0v) is 13.6. The number of nitrogens with zero attached hydrogens (tertiary/aromatic N) is 1. The van der Waals surface area contributed by atoms with Gasteiger partial charge in [-0.1, -0.05) is 35.9 Å². The van der Waals surface area contributed by atoms with E-state index in [2.05, 4.69) is 10.6 Å². The largest absolute Gasteiger partial charge is 0.352 e. The number of nitriles is 1. The highest BCUT2D eigenvalue weighted by atomic mass is 35.5. The van der Waals surface area contributed by atoms with Crippen molar-refractivity contribution in [3.8, 4) is 6.07 Å². The zero-order valence-electron chi connectivity index (χ0n) is 12.9. The Bertz CT molecular complexity index is 784. The monoisotopic (exact) mass is 341 g/mol. The fourth-order valence-electron chi connectivity index (χ4n) is 2.13. The lowest BCUT2D eigenvalue weighted by Gasteiger charge is -2.08. The Hall–Kier alpha value is -2.84. The summed E-state index contributed by atoms with van der Waals surface area (Å²) in [6.45, 7) is 0.349. The number of hydrogen-bond donors (Lipinski definition) is 2. The van der Waals surface area contributed by atoms with E-state index in [0.717, 1.165) is 11.1 Å². The van der Waals surface area contributed by atoms with Crippen LogP contribution in [0.25, 0.3) is 0 Å². The van der Waals surface area contributed by atoms with Gasteiger partial charge in [0.1, 0.15) is 6.42 Å². The number of amides is 2. The lowest BCUT2D eigenvalue weighted by Crippen LogP contribution is -2.24. The maximum atomic E-state index is 12.0. The van der Waals surface area contributed by atoms with Crippen LogP contribution in [0.2, 0.25) is 5.02 Å². The quantitative estimate of drug-likeness (QED) is 0.847. The number of benzene rings is 2. The van der Waals surface area contributed by atoms with Gasteiger partial charge in [-0.05, 0) is 35.4 Å². The predicted molar refractivity (Wildman–Crippen MR) is 92.3 cm³/mol. The van der Waals surface area contributed by atoms with Crippen LogP contribution in [0, 0.1) is 11.3 Å². The van der Waals surface area contributed by atoms with Crippen molar-refractivity contribution in [2.45, 2.75) is 19.4 Å². The van der Waals surface area contributed by atoms with Gasteiger partial charge in [0.25, 0.3) is 0 Å². The third-order valence-electron chi connectivity index (χ3n) is 3.19. The molecule has 0 saturated carbocycles. The van der Waals surface area contributed by atoms with Crippen molar-refractivity contribution in [3.63, 3.8) is 0 Å². The van der Waals surface area contributed by atoms with Crippen LogP contribution in [0.1, 0.15) is 17.5 Å². The van der Waals surface area contributed by atoms with Crippen LogP contribution in [0.3, 0.4) is 0 Å². The van der Waals surface area contributed by atoms with E-state index in [0.29, 0.717) is 17.3 Å². The number of carbonyl (C=O) groups excluding carboxylic acids is 2. The molecular formula is C18H16ClN3O2. The molecule has 0 unspecified atom stereocenters. The Morgan fingerprint density at radius 3 is 2.54 bits per heavy atom. The standard InChI is InChI=1S/C18H16ClN3O2/c19-15-5-1-3-13(9-15)11-18(24)21-12-14-4-2-6-16(10-14)22-17(23)7-8-20/h1-6,9-10H,7,11-12H2,(H,21,24)(H,22,23). The SMILES string of the molecule is N#CCC(=O)Nc1cccc(CNC(=O)Cc2cccc(Cl)c2)c1. The van der Waals surface area contributed by atoms with Crippen LogP contribution >= 0.6 is 11.6 Å². The molecule has 0 aliphatic carbocycles. The summed E-state index contributed by atoms with van der Waals surface area (Å²) in [7, 11) is 0. The lowest BCUT2D eigenvalue weighted by atomic mass is 10.1. The van der Waals surface area contributed by atoms with Crippen LogP contribution in [0.5, 0.6) is 0 Å². The van der Waals surface area contributed by atoms with Gasteiger partial charge in [-0.3, -0.25) is 9.59 Å². The molecule has 24 heavy (non-hydrogen) atoms. The minimum absolute atomic E-state index is 0.115. The smallest absolute Gasteiger partial charge is 0.238 e. The molecule has 0 atom stereocenters. The molecule has 0 aromatic heterocycles. The minimum atomic E-state index is -0.361. The van der Waals surface area contributed by atoms with Gasteiger partial charge in [-0.2, -0.15) is 5.26 Å². The first-order valence-electron chi connectivity index (χ1n) is 7.33. The Kier molecular flexibility index (Phi) is 6.35. The van der Waals surface area contributed by atoms with Gasteiger partial charge in [-0.15, -0.1) is 0 Å². The molecule has 0 aliphatic heterocycles. The van der Waals surface area contributed by atoms with Crippen molar-refractivity contribution >= 4 is 29.1 Å². The highest BCUT2D eigenvalue weighted by molar-refractivity contribution is 6.30. The number of hydrogen-bond acceptors (Lipinski definition) is 3. The van der Waals surface area contributed by atoms with Crippen molar-refractivity contribution in [1.82, 2.24) is 5.32 Å². The van der Waals surface area contributed by atoms with Gasteiger partial charge in [0.05, 0.1) is 12.5 Å². The molecule has 0 bridgehead atoms. The van der Waals surface area contributed by atoms with Crippen molar-refractivity contribution in [2.24, 2.45) is 0 Å². The van der Waals surface area contributed by atoms with Gasteiger partial charge in [0.2, 0.25) is 11.8 Å². The summed E-state index contributed by atoms with van der Waals surface area (Å²) >= 11 is 5.90. The molecule has 5 nitrogen and oxygen atoms in total. The van der Waals surface area contributed by atoms with Crippen LogP contribution in [-0.2, 0) is 22.6 Å². The van der Waals surface area contributed by atoms with E-state index in [-0.39, 0.29) is 24.7 Å². The van der Waals surface area contributed by atoms with E-state index in [1.54, 1.807) is 42.5 Å². The number of nitrogens with one attached hydrogen (secondary N) is 2. The molecule has 0 aliphatic rings. The molecule has 2 aromatic rings. The lowest BCUT2D eigenvalue weighted by molar-refractivity contribution is -0.120. The zero-order chi connectivity index (χ0) is 17.4. The predicted octanol–water partition coefficient (Wildman–Crippen LogP) is 3.05. The van der Waals surface area contributed by atoms with Gasteiger partial charge in [0.15, 0.2) is 0 Å². The molecule has 0 fully saturated rings. The first kappa shape index (κ1) is 17.5. The average molecular weight is 342 g/mol. The molecule has 0 radical (unpaired) electrons. The van der Waals surface area contributed by atoms with Crippen molar-refractivity contribution in [3.05, 3.63) is 64.7 Å². The second-order valence-corrected chi connectivity index (χ2v) is 5.60. The summed E-state index contributed by atoms with van der Waals surface area (Å²) in [4.78, 5) is 23.4. The summed E-state index contributed by atoms with van der Waals surface area (Å²) < 4.78 is 0. The van der Waals surface area contributed by atoms with Gasteiger partial charge in [-0.25, -0.2) is 0 Å². The van der Waals surface area contributed by atoms with Crippen LogP contribution in [0.4, 0.5) is 5.69 Å². The number of anilines is 1. The maximum absolute atomic E-state index is 12.0. The van der Waals surface area contributed by atoms with Gasteiger partial charge >= 0.3 is 0 Å². The van der Waals surface area contributed by atoms with Crippen molar-refractivity contribution < 1.29 is 9.59 Å². The normalized spacial score (nSPS) is 9.83. The molecular weight excluding hydrogens is 326 g/mol. The molecule has 0 heterocycles. The van der Waals surface area contributed by atoms with Crippen molar-refractivity contribution in [1.29, 1.82) is 5.26 Å². The van der Waals surface area contributed by atoms with Crippen molar-refractivity contribution in [2.75, 3.05) is 5.32 Å². The topological polar surface area (TPSA) is 82.0 Å².